The van der Waals surface area contributed by atoms with E-state index in [1.54, 1.807) is 0 Å². The summed E-state index contributed by atoms with van der Waals surface area (Å²) in [7, 11) is 0. The van der Waals surface area contributed by atoms with E-state index >= 15 is 0 Å². The highest BCUT2D eigenvalue weighted by Crippen LogP contribution is 2.13. The zero-order valence-electron chi connectivity index (χ0n) is 14.9. The van der Waals surface area contributed by atoms with E-state index < -0.39 is 0 Å². The smallest absolute Gasteiger partial charge is 0.00412 e. The Kier molecular flexibility index (Phi) is 26.3. The summed E-state index contributed by atoms with van der Waals surface area (Å²) in [6.07, 6.45) is 9.66. The van der Waals surface area contributed by atoms with Crippen molar-refractivity contribution in [3.63, 3.8) is 0 Å². The first kappa shape index (κ1) is 32.5. The molecule has 0 aromatic rings. The summed E-state index contributed by atoms with van der Waals surface area (Å²) in [4.78, 5) is 0. The lowest BCUT2D eigenvalue weighted by atomic mass is 9.96. The molecule has 0 aromatic heterocycles. The van der Waals surface area contributed by atoms with Crippen molar-refractivity contribution in [1.29, 1.82) is 0 Å². The minimum Gasteiger partial charge on any atom is -0.314 e. The van der Waals surface area contributed by atoms with Gasteiger partial charge >= 0.3 is 0 Å². The molecule has 3 heterocycles. The van der Waals surface area contributed by atoms with Gasteiger partial charge in [0.05, 0.1) is 0 Å². The van der Waals surface area contributed by atoms with E-state index in [2.05, 4.69) is 43.6 Å². The van der Waals surface area contributed by atoms with Crippen LogP contribution in [0.15, 0.2) is 0 Å². The maximum Gasteiger partial charge on any atom is 0.00412 e. The number of rotatable bonds is 0. The highest BCUT2D eigenvalue weighted by molar-refractivity contribution is 4.71. The third-order valence-electron chi connectivity index (χ3n) is 4.75. The van der Waals surface area contributed by atoms with E-state index in [-0.39, 0.29) is 29.7 Å². The Hall–Kier alpha value is -0.120. The van der Waals surface area contributed by atoms with E-state index in [0.717, 1.165) is 24.0 Å². The van der Waals surface area contributed by atoms with Gasteiger partial charge in [-0.05, 0) is 84.8 Å². The van der Waals surface area contributed by atoms with Crippen LogP contribution < -0.4 is 16.0 Å². The number of hydrogen-bond acceptors (Lipinski definition) is 3. The number of piperidine rings is 2. The molecule has 3 N–H and O–H groups in total. The van der Waals surface area contributed by atoms with Crippen LogP contribution in [0.25, 0.3) is 0 Å². The average molecular weight is 362 g/mol. The largest absolute Gasteiger partial charge is 0.314 e. The van der Waals surface area contributed by atoms with Crippen molar-refractivity contribution in [1.82, 2.24) is 16.0 Å². The quantitative estimate of drug-likeness (QED) is 0.507. The van der Waals surface area contributed by atoms with E-state index in [1.807, 2.05) is 0 Å². The molecule has 3 fully saturated rings. The van der Waals surface area contributed by atoms with Crippen LogP contribution in [-0.4, -0.2) is 37.8 Å². The standard InChI is InChI=1S/C7H15N.C6H13N.C5H11N.4CH4/c1-6-3-4-8-7(2)5-6;1-6-4-2-3-5-7-6;1-5-3-2-4-6-5;;;;/h6-8H,3-5H2,1-2H3;6-7H,2-5H2,1H3;5-6H,2-4H2,1H3;4*1H4. The van der Waals surface area contributed by atoms with Crippen molar-refractivity contribution in [2.24, 2.45) is 5.92 Å². The maximum atomic E-state index is 3.41. The average Bonchev–Trinajstić information content (AvgIpc) is 2.92. The van der Waals surface area contributed by atoms with Crippen LogP contribution in [0.1, 0.15) is 102 Å². The third kappa shape index (κ3) is 18.5. The zero-order chi connectivity index (χ0) is 15.5. The van der Waals surface area contributed by atoms with Crippen LogP contribution >= 0.6 is 0 Å². The minimum atomic E-state index is 0. The molecule has 4 atom stereocenters. The van der Waals surface area contributed by atoms with Gasteiger partial charge in [0.1, 0.15) is 0 Å². The summed E-state index contributed by atoms with van der Waals surface area (Å²) < 4.78 is 0. The van der Waals surface area contributed by atoms with Crippen LogP contribution in [-0.2, 0) is 0 Å². The van der Waals surface area contributed by atoms with Gasteiger partial charge in [0.2, 0.25) is 0 Å². The van der Waals surface area contributed by atoms with Gasteiger partial charge in [-0.1, -0.05) is 43.1 Å². The van der Waals surface area contributed by atoms with E-state index in [1.165, 1.54) is 64.6 Å². The summed E-state index contributed by atoms with van der Waals surface area (Å²) in [6.45, 7) is 12.8. The normalized spacial score (nSPS) is 30.2. The van der Waals surface area contributed by atoms with Crippen molar-refractivity contribution in [3.05, 3.63) is 0 Å². The topological polar surface area (TPSA) is 36.1 Å². The van der Waals surface area contributed by atoms with Crippen LogP contribution in [0.5, 0.6) is 0 Å². The summed E-state index contributed by atoms with van der Waals surface area (Å²) in [5.41, 5.74) is 0. The van der Waals surface area contributed by atoms with Crippen LogP contribution in [0, 0.1) is 5.92 Å². The molecule has 25 heavy (non-hydrogen) atoms. The molecular weight excluding hydrogens is 306 g/mol. The molecule has 0 amide bonds. The van der Waals surface area contributed by atoms with Gasteiger partial charge < -0.3 is 16.0 Å². The van der Waals surface area contributed by atoms with Crippen molar-refractivity contribution >= 4 is 0 Å². The van der Waals surface area contributed by atoms with Gasteiger partial charge in [0, 0.05) is 18.1 Å². The van der Waals surface area contributed by atoms with E-state index in [0.29, 0.717) is 0 Å². The molecule has 3 aliphatic rings. The van der Waals surface area contributed by atoms with E-state index in [9.17, 15) is 0 Å². The molecule has 3 saturated heterocycles. The predicted octanol–water partition coefficient (Wildman–Crippen LogP) is 5.85. The third-order valence-corrected chi connectivity index (χ3v) is 4.75. The number of hydrogen-bond donors (Lipinski definition) is 3. The van der Waals surface area contributed by atoms with Gasteiger partial charge in [-0.2, -0.15) is 0 Å². The fourth-order valence-electron chi connectivity index (χ4n) is 3.27. The Morgan fingerprint density at radius 2 is 1.00 bits per heavy atom. The summed E-state index contributed by atoms with van der Waals surface area (Å²) >= 11 is 0. The first-order chi connectivity index (χ1) is 10.1. The van der Waals surface area contributed by atoms with Crippen molar-refractivity contribution in [3.8, 4) is 0 Å². The Labute approximate surface area is 162 Å². The molecule has 0 radical (unpaired) electrons. The van der Waals surface area contributed by atoms with Gasteiger partial charge in [-0.25, -0.2) is 0 Å². The van der Waals surface area contributed by atoms with Crippen LogP contribution in [0.2, 0.25) is 0 Å². The highest BCUT2D eigenvalue weighted by Gasteiger charge is 2.12. The van der Waals surface area contributed by atoms with Crippen molar-refractivity contribution in [2.45, 2.75) is 120 Å². The Balaban J connectivity index is -0.000000123. The first-order valence-corrected chi connectivity index (χ1v) is 9.28. The SMILES string of the molecule is C.C.C.C.CC1CCCCN1.CC1CCCN1.CC1CCNC(C)C1. The summed E-state index contributed by atoms with van der Waals surface area (Å²) in [6, 6.07) is 2.34. The summed E-state index contributed by atoms with van der Waals surface area (Å²) in [5.74, 6) is 0.950. The highest BCUT2D eigenvalue weighted by atomic mass is 14.9. The predicted molar refractivity (Wildman–Crippen MR) is 121 cm³/mol. The molecule has 4 unspecified atom stereocenters. The minimum absolute atomic E-state index is 0. The van der Waals surface area contributed by atoms with Crippen LogP contribution in [0.3, 0.4) is 0 Å². The van der Waals surface area contributed by atoms with Crippen LogP contribution in [0.4, 0.5) is 0 Å². The molecule has 3 heteroatoms. The molecule has 0 bridgehead atoms. The molecule has 3 aliphatic heterocycles. The summed E-state index contributed by atoms with van der Waals surface area (Å²) in [5, 5.41) is 10.1. The van der Waals surface area contributed by atoms with E-state index in [4.69, 9.17) is 0 Å². The monoisotopic (exact) mass is 361 g/mol. The lowest BCUT2D eigenvalue weighted by Crippen LogP contribution is -2.34. The van der Waals surface area contributed by atoms with Gasteiger partial charge in [0.25, 0.3) is 0 Å². The molecule has 0 aliphatic carbocycles. The molecule has 3 rings (SSSR count). The van der Waals surface area contributed by atoms with Gasteiger partial charge in [0.15, 0.2) is 0 Å². The second-order valence-corrected chi connectivity index (χ2v) is 7.33. The van der Waals surface area contributed by atoms with Gasteiger partial charge in [-0.3, -0.25) is 0 Å². The molecular formula is C22H55N3. The molecule has 3 nitrogen and oxygen atoms in total. The number of nitrogens with one attached hydrogen (secondary N) is 3. The molecule has 0 spiro atoms. The van der Waals surface area contributed by atoms with Crippen molar-refractivity contribution < 1.29 is 0 Å². The van der Waals surface area contributed by atoms with Crippen molar-refractivity contribution in [2.75, 3.05) is 19.6 Å². The lowest BCUT2D eigenvalue weighted by molar-refractivity contribution is 0.336. The Morgan fingerprint density at radius 1 is 0.520 bits per heavy atom. The fraction of sp³-hybridized carbons (Fsp3) is 1.00. The maximum absolute atomic E-state index is 3.41. The molecule has 158 valence electrons. The molecule has 0 saturated carbocycles. The first-order valence-electron chi connectivity index (χ1n) is 9.28. The zero-order valence-corrected chi connectivity index (χ0v) is 14.9. The lowest BCUT2D eigenvalue weighted by Gasteiger charge is -2.24. The molecule has 0 aromatic carbocycles. The second kappa shape index (κ2) is 20.2. The Morgan fingerprint density at radius 3 is 1.24 bits per heavy atom. The fourth-order valence-corrected chi connectivity index (χ4v) is 3.27. The van der Waals surface area contributed by atoms with Gasteiger partial charge in [-0.15, -0.1) is 0 Å². The second-order valence-electron chi connectivity index (χ2n) is 7.33. The Bertz CT molecular complexity index is 225.